The number of imidazole rings is 1. The number of ether oxygens (including phenoxy) is 1. The van der Waals surface area contributed by atoms with Gasteiger partial charge in [0, 0.05) is 29.8 Å². The van der Waals surface area contributed by atoms with Crippen molar-refractivity contribution in [3.8, 4) is 22.6 Å². The molecule has 10 heteroatoms. The number of hydrogen-bond donors (Lipinski definition) is 5. The van der Waals surface area contributed by atoms with Gasteiger partial charge in [-0.2, -0.15) is 0 Å². The summed E-state index contributed by atoms with van der Waals surface area (Å²) in [5.74, 6) is 0.356. The quantitative estimate of drug-likeness (QED) is 0.264. The highest BCUT2D eigenvalue weighted by Gasteiger charge is 2.27. The van der Waals surface area contributed by atoms with Crippen LogP contribution >= 0.6 is 0 Å². The Balaban J connectivity index is 1.55. The van der Waals surface area contributed by atoms with Crippen LogP contribution in [0, 0.1) is 0 Å². The smallest absolute Gasteiger partial charge is 0.261 e. The molecule has 4 heterocycles. The van der Waals surface area contributed by atoms with Gasteiger partial charge >= 0.3 is 0 Å². The maximum Gasteiger partial charge on any atom is 0.261 e. The van der Waals surface area contributed by atoms with E-state index >= 15 is 0 Å². The standard InChI is InChI=1S/C24H20N6O4/c1-25-9-3-6-18(32)26-15-5-2-4-13-19-16(11-34-22(13)15)28-24(33)20-21(19)29-30-17-10-12(31)7-8-14(17)27-23(20)30/h2-8,10,25,29,31H,9,11H2,1H3,(H,26,32)(H,28,33)/b6-3+. The van der Waals surface area contributed by atoms with Crippen LogP contribution in [0.5, 0.6) is 11.5 Å². The number of aromatic nitrogens is 4. The zero-order chi connectivity index (χ0) is 23.4. The Bertz CT molecular complexity index is 1710. The topological polar surface area (TPSA) is 137 Å². The van der Waals surface area contributed by atoms with Gasteiger partial charge in [-0.05, 0) is 25.2 Å². The normalized spacial score (nSPS) is 12.9. The van der Waals surface area contributed by atoms with Gasteiger partial charge in [0.2, 0.25) is 5.91 Å². The minimum Gasteiger partial charge on any atom is -0.508 e. The number of rotatable bonds is 4. The Morgan fingerprint density at radius 3 is 3.06 bits per heavy atom. The highest BCUT2D eigenvalue weighted by Crippen LogP contribution is 2.44. The highest BCUT2D eigenvalue weighted by molar-refractivity contribution is 6.07. The fraction of sp³-hybridized carbons (Fsp3) is 0.125. The van der Waals surface area contributed by atoms with Gasteiger partial charge in [0.15, 0.2) is 11.4 Å². The first kappa shape index (κ1) is 20.1. The summed E-state index contributed by atoms with van der Waals surface area (Å²) >= 11 is 0. The third-order valence-corrected chi connectivity index (χ3v) is 5.87. The van der Waals surface area contributed by atoms with Crippen LogP contribution in [0.1, 0.15) is 5.69 Å². The van der Waals surface area contributed by atoms with Crippen molar-refractivity contribution in [2.75, 3.05) is 18.9 Å². The predicted molar refractivity (Wildman–Crippen MR) is 128 cm³/mol. The number of fused-ring (bicyclic) bond motifs is 9. The number of carbonyl (C=O) groups is 1. The molecule has 10 nitrogen and oxygen atoms in total. The van der Waals surface area contributed by atoms with Gasteiger partial charge in [-0.25, -0.2) is 9.50 Å². The fourth-order valence-corrected chi connectivity index (χ4v) is 4.43. The van der Waals surface area contributed by atoms with Crippen LogP contribution in [-0.4, -0.2) is 44.2 Å². The lowest BCUT2D eigenvalue weighted by Crippen LogP contribution is -2.18. The van der Waals surface area contributed by atoms with Crippen LogP contribution in [0.15, 0.2) is 53.3 Å². The molecule has 1 aliphatic rings. The van der Waals surface area contributed by atoms with Crippen LogP contribution in [0.2, 0.25) is 0 Å². The van der Waals surface area contributed by atoms with E-state index in [-0.39, 0.29) is 23.8 Å². The number of nitrogens with one attached hydrogen (secondary N) is 4. The summed E-state index contributed by atoms with van der Waals surface area (Å²) in [4.78, 5) is 32.9. The van der Waals surface area contributed by atoms with Crippen molar-refractivity contribution in [1.29, 1.82) is 0 Å². The van der Waals surface area contributed by atoms with E-state index in [0.717, 1.165) is 11.1 Å². The first-order valence-electron chi connectivity index (χ1n) is 10.7. The number of aromatic amines is 2. The zero-order valence-electron chi connectivity index (χ0n) is 18.1. The summed E-state index contributed by atoms with van der Waals surface area (Å²) in [6, 6.07) is 10.3. The Kier molecular flexibility index (Phi) is 4.42. The van der Waals surface area contributed by atoms with E-state index in [4.69, 9.17) is 4.74 Å². The fourth-order valence-electron chi connectivity index (χ4n) is 4.43. The van der Waals surface area contributed by atoms with Gasteiger partial charge in [-0.3, -0.25) is 14.7 Å². The largest absolute Gasteiger partial charge is 0.508 e. The molecule has 0 saturated carbocycles. The van der Waals surface area contributed by atoms with E-state index in [1.165, 1.54) is 6.08 Å². The Hall–Kier alpha value is -4.57. The lowest BCUT2D eigenvalue weighted by atomic mass is 9.98. The molecule has 5 N–H and O–H groups in total. The lowest BCUT2D eigenvalue weighted by molar-refractivity contribution is -0.111. The van der Waals surface area contributed by atoms with Gasteiger partial charge in [0.25, 0.3) is 5.56 Å². The summed E-state index contributed by atoms with van der Waals surface area (Å²) in [6.07, 6.45) is 3.19. The molecule has 1 aliphatic heterocycles. The number of benzene rings is 2. The molecule has 170 valence electrons. The summed E-state index contributed by atoms with van der Waals surface area (Å²) in [5, 5.41) is 19.5. The van der Waals surface area contributed by atoms with Crippen LogP contribution in [0.3, 0.4) is 0 Å². The molecule has 3 aromatic heterocycles. The number of hydrogen-bond acceptors (Lipinski definition) is 6. The molecule has 0 saturated heterocycles. The first-order valence-corrected chi connectivity index (χ1v) is 10.7. The van der Waals surface area contributed by atoms with Crippen molar-refractivity contribution < 1.29 is 14.6 Å². The molecule has 2 aromatic carbocycles. The summed E-state index contributed by atoms with van der Waals surface area (Å²) in [7, 11) is 1.80. The van der Waals surface area contributed by atoms with Crippen molar-refractivity contribution in [3.05, 3.63) is 64.6 Å². The van der Waals surface area contributed by atoms with E-state index in [1.807, 2.05) is 12.1 Å². The van der Waals surface area contributed by atoms with E-state index in [2.05, 4.69) is 25.7 Å². The first-order chi connectivity index (χ1) is 16.5. The number of phenols is 1. The third kappa shape index (κ3) is 2.96. The number of nitrogens with zero attached hydrogens (tertiary/aromatic N) is 2. The molecule has 1 amide bonds. The number of phenolic OH excluding ortho intramolecular Hbond substituents is 1. The molecule has 0 spiro atoms. The molecule has 0 bridgehead atoms. The molecular weight excluding hydrogens is 436 g/mol. The number of aromatic hydroxyl groups is 1. The van der Waals surface area contributed by atoms with Crippen LogP contribution in [-0.2, 0) is 11.4 Å². The number of pyridine rings is 1. The SMILES string of the molecule is CNC/C=C/C(=O)Nc1cccc2c1OCc1[nH]c(=O)c3c([nH]n4c5cc(O)ccc5nc34)c1-2. The lowest BCUT2D eigenvalue weighted by Gasteiger charge is -2.23. The van der Waals surface area contributed by atoms with Gasteiger partial charge < -0.3 is 25.5 Å². The number of amides is 1. The van der Waals surface area contributed by atoms with Crippen molar-refractivity contribution >= 4 is 39.2 Å². The monoisotopic (exact) mass is 456 g/mol. The molecule has 5 aromatic rings. The molecule has 0 fully saturated rings. The Morgan fingerprint density at radius 2 is 2.21 bits per heavy atom. The molecule has 0 atom stereocenters. The molecule has 0 unspecified atom stereocenters. The summed E-state index contributed by atoms with van der Waals surface area (Å²) < 4.78 is 7.66. The predicted octanol–water partition coefficient (Wildman–Crippen LogP) is 2.64. The Morgan fingerprint density at radius 1 is 1.32 bits per heavy atom. The summed E-state index contributed by atoms with van der Waals surface area (Å²) in [6.45, 7) is 0.718. The molecule has 0 aliphatic carbocycles. The molecular formula is C24H20N6O4. The second-order valence-corrected chi connectivity index (χ2v) is 8.03. The average molecular weight is 456 g/mol. The molecule has 0 radical (unpaired) electrons. The van der Waals surface area contributed by atoms with Crippen LogP contribution in [0.4, 0.5) is 5.69 Å². The minimum atomic E-state index is -0.286. The highest BCUT2D eigenvalue weighted by atomic mass is 16.5. The van der Waals surface area contributed by atoms with Gasteiger partial charge in [0.1, 0.15) is 17.7 Å². The molecule has 6 rings (SSSR count). The van der Waals surface area contributed by atoms with Gasteiger partial charge in [-0.15, -0.1) is 0 Å². The van der Waals surface area contributed by atoms with Crippen molar-refractivity contribution in [3.63, 3.8) is 0 Å². The average Bonchev–Trinajstić information content (AvgIpc) is 3.35. The maximum atomic E-state index is 13.0. The number of H-pyrrole nitrogens is 2. The third-order valence-electron chi connectivity index (χ3n) is 5.87. The second-order valence-electron chi connectivity index (χ2n) is 8.03. The number of anilines is 1. The zero-order valence-corrected chi connectivity index (χ0v) is 18.1. The Labute approximate surface area is 191 Å². The van der Waals surface area contributed by atoms with E-state index in [1.54, 1.807) is 41.9 Å². The van der Waals surface area contributed by atoms with E-state index in [0.29, 0.717) is 51.3 Å². The summed E-state index contributed by atoms with van der Waals surface area (Å²) in [5.41, 5.74) is 4.76. The number of carbonyl (C=O) groups excluding carboxylic acids is 1. The van der Waals surface area contributed by atoms with Crippen LogP contribution in [0.25, 0.3) is 38.7 Å². The van der Waals surface area contributed by atoms with Crippen molar-refractivity contribution in [2.45, 2.75) is 6.61 Å². The van der Waals surface area contributed by atoms with E-state index in [9.17, 15) is 14.7 Å². The van der Waals surface area contributed by atoms with Crippen molar-refractivity contribution in [1.82, 2.24) is 24.9 Å². The second kappa shape index (κ2) is 7.49. The number of para-hydroxylation sites is 1. The minimum absolute atomic E-state index is 0.104. The van der Waals surface area contributed by atoms with Crippen molar-refractivity contribution in [2.24, 2.45) is 0 Å². The van der Waals surface area contributed by atoms with Gasteiger partial charge in [-0.1, -0.05) is 18.2 Å². The van der Waals surface area contributed by atoms with E-state index < -0.39 is 0 Å². The van der Waals surface area contributed by atoms with Gasteiger partial charge in [0.05, 0.1) is 27.9 Å². The molecule has 34 heavy (non-hydrogen) atoms. The number of likely N-dealkylation sites (N-methyl/N-ethyl adjacent to an activating group) is 1. The maximum absolute atomic E-state index is 13.0. The van der Waals surface area contributed by atoms with Crippen LogP contribution < -0.4 is 20.9 Å².